The molecule has 0 atom stereocenters. The van der Waals surface area contributed by atoms with E-state index in [9.17, 15) is 9.59 Å². The van der Waals surface area contributed by atoms with Gasteiger partial charge in [0.05, 0.1) is 0 Å². The van der Waals surface area contributed by atoms with Gasteiger partial charge in [-0.1, -0.05) is 19.1 Å². The second kappa shape index (κ2) is 4.79. The van der Waals surface area contributed by atoms with Crippen LogP contribution in [-0.4, -0.2) is 15.6 Å². The van der Waals surface area contributed by atoms with E-state index in [1.165, 1.54) is 12.3 Å². The Labute approximate surface area is 93.8 Å². The molecule has 16 heavy (non-hydrogen) atoms. The van der Waals surface area contributed by atoms with Crippen LogP contribution >= 0.6 is 0 Å². The van der Waals surface area contributed by atoms with Gasteiger partial charge < -0.3 is 9.67 Å². The quantitative estimate of drug-likeness (QED) is 0.789. The number of aromatic nitrogens is 1. The molecule has 0 saturated heterocycles. The van der Waals surface area contributed by atoms with Crippen LogP contribution in [0.4, 0.5) is 0 Å². The minimum atomic E-state index is -1.19. The lowest BCUT2D eigenvalue weighted by Gasteiger charge is -2.12. The summed E-state index contributed by atoms with van der Waals surface area (Å²) in [6, 6.07) is 1.34. The molecule has 0 aliphatic carbocycles. The van der Waals surface area contributed by atoms with Crippen LogP contribution in [-0.2, 0) is 6.54 Å². The highest BCUT2D eigenvalue weighted by Crippen LogP contribution is 2.06. The molecule has 0 unspecified atom stereocenters. The average Bonchev–Trinajstić information content (AvgIpc) is 2.21. The number of allylic oxidation sites excluding steroid dienone is 1. The van der Waals surface area contributed by atoms with Gasteiger partial charge >= 0.3 is 5.97 Å². The lowest BCUT2D eigenvalue weighted by molar-refractivity contribution is 0.0694. The Kier molecular flexibility index (Phi) is 3.66. The molecule has 86 valence electrons. The number of aryl methyl sites for hydroxylation is 1. The fourth-order valence-electron chi connectivity index (χ4n) is 1.36. The number of carboxylic acids is 1. The van der Waals surface area contributed by atoms with E-state index in [0.29, 0.717) is 6.54 Å². The van der Waals surface area contributed by atoms with Gasteiger partial charge in [-0.05, 0) is 13.3 Å². The summed E-state index contributed by atoms with van der Waals surface area (Å²) in [5.41, 5.74) is 1.07. The first kappa shape index (κ1) is 12.2. The summed E-state index contributed by atoms with van der Waals surface area (Å²) in [6.07, 6.45) is 2.20. The van der Waals surface area contributed by atoms with E-state index in [2.05, 4.69) is 6.58 Å². The largest absolute Gasteiger partial charge is 0.477 e. The maximum absolute atomic E-state index is 11.4. The monoisotopic (exact) mass is 221 g/mol. The third-order valence-electron chi connectivity index (χ3n) is 2.47. The van der Waals surface area contributed by atoms with E-state index in [0.717, 1.165) is 17.7 Å². The van der Waals surface area contributed by atoms with Crippen molar-refractivity contribution in [1.29, 1.82) is 0 Å². The molecular formula is C12H15NO3. The summed E-state index contributed by atoms with van der Waals surface area (Å²) >= 11 is 0. The highest BCUT2D eigenvalue weighted by molar-refractivity contribution is 5.87. The SMILES string of the molecule is C=C(CC)Cn1cc(C(=O)O)c(=O)cc1C. The number of nitrogens with zero attached hydrogens (tertiary/aromatic N) is 1. The Bertz CT molecular complexity index is 486. The van der Waals surface area contributed by atoms with Gasteiger partial charge in [0.2, 0.25) is 0 Å². The summed E-state index contributed by atoms with van der Waals surface area (Å²) < 4.78 is 1.73. The molecular weight excluding hydrogens is 206 g/mol. The second-order valence-electron chi connectivity index (χ2n) is 3.73. The fraction of sp³-hybridized carbons (Fsp3) is 0.333. The number of carboxylic acid groups (broad SMARTS) is 1. The summed E-state index contributed by atoms with van der Waals surface area (Å²) in [7, 11) is 0. The molecule has 4 heteroatoms. The Hall–Kier alpha value is -1.84. The second-order valence-corrected chi connectivity index (χ2v) is 3.73. The molecule has 0 fully saturated rings. The van der Waals surface area contributed by atoms with Crippen LogP contribution in [0.1, 0.15) is 29.4 Å². The van der Waals surface area contributed by atoms with Gasteiger partial charge in [-0.25, -0.2) is 4.79 Å². The van der Waals surface area contributed by atoms with Gasteiger partial charge in [-0.3, -0.25) is 4.79 Å². The smallest absolute Gasteiger partial charge is 0.341 e. The van der Waals surface area contributed by atoms with E-state index in [-0.39, 0.29) is 5.56 Å². The van der Waals surface area contributed by atoms with Gasteiger partial charge in [-0.15, -0.1) is 0 Å². The Morgan fingerprint density at radius 3 is 2.69 bits per heavy atom. The lowest BCUT2D eigenvalue weighted by Crippen LogP contribution is -2.19. The zero-order chi connectivity index (χ0) is 12.3. The van der Waals surface area contributed by atoms with Gasteiger partial charge in [0.25, 0.3) is 0 Å². The molecule has 1 N–H and O–H groups in total. The average molecular weight is 221 g/mol. The van der Waals surface area contributed by atoms with Crippen molar-refractivity contribution < 1.29 is 9.90 Å². The molecule has 0 aromatic carbocycles. The van der Waals surface area contributed by atoms with Crippen molar-refractivity contribution in [2.75, 3.05) is 0 Å². The molecule has 0 saturated carbocycles. The zero-order valence-electron chi connectivity index (χ0n) is 9.49. The van der Waals surface area contributed by atoms with Crippen LogP contribution in [0.15, 0.2) is 29.2 Å². The third kappa shape index (κ3) is 2.59. The molecule has 0 radical (unpaired) electrons. The van der Waals surface area contributed by atoms with Crippen LogP contribution < -0.4 is 5.43 Å². The molecule has 1 heterocycles. The first-order chi connectivity index (χ1) is 7.45. The predicted octanol–water partition coefficient (Wildman–Crippen LogP) is 1.82. The highest BCUT2D eigenvalue weighted by Gasteiger charge is 2.10. The minimum Gasteiger partial charge on any atom is -0.477 e. The molecule has 0 spiro atoms. The minimum absolute atomic E-state index is 0.200. The van der Waals surface area contributed by atoms with Crippen molar-refractivity contribution in [3.8, 4) is 0 Å². The summed E-state index contributed by atoms with van der Waals surface area (Å²) in [5.74, 6) is -1.19. The summed E-state index contributed by atoms with van der Waals surface area (Å²) in [6.45, 7) is 8.16. The lowest BCUT2D eigenvalue weighted by atomic mass is 10.2. The number of pyridine rings is 1. The van der Waals surface area contributed by atoms with Gasteiger partial charge in [0.15, 0.2) is 5.43 Å². The van der Waals surface area contributed by atoms with Crippen molar-refractivity contribution in [2.45, 2.75) is 26.8 Å². The predicted molar refractivity (Wildman–Crippen MR) is 61.8 cm³/mol. The van der Waals surface area contributed by atoms with Crippen LogP contribution in [0.5, 0.6) is 0 Å². The molecule has 4 nitrogen and oxygen atoms in total. The Morgan fingerprint density at radius 1 is 1.56 bits per heavy atom. The highest BCUT2D eigenvalue weighted by atomic mass is 16.4. The van der Waals surface area contributed by atoms with E-state index in [4.69, 9.17) is 5.11 Å². The third-order valence-corrected chi connectivity index (χ3v) is 2.47. The molecule has 0 amide bonds. The van der Waals surface area contributed by atoms with Gasteiger partial charge in [0.1, 0.15) is 5.56 Å². The zero-order valence-corrected chi connectivity index (χ0v) is 9.49. The standard InChI is InChI=1S/C12H15NO3/c1-4-8(2)6-13-7-10(12(15)16)11(14)5-9(13)3/h5,7H,2,4,6H2,1,3H3,(H,15,16). The van der Waals surface area contributed by atoms with Crippen molar-refractivity contribution in [3.63, 3.8) is 0 Å². The van der Waals surface area contributed by atoms with Crippen molar-refractivity contribution >= 4 is 5.97 Å². The number of hydrogen-bond donors (Lipinski definition) is 1. The molecule has 1 aromatic rings. The fourth-order valence-corrected chi connectivity index (χ4v) is 1.36. The van der Waals surface area contributed by atoms with Crippen LogP contribution in [0, 0.1) is 6.92 Å². The normalized spacial score (nSPS) is 10.1. The number of hydrogen-bond acceptors (Lipinski definition) is 2. The Balaban J connectivity index is 3.20. The first-order valence-corrected chi connectivity index (χ1v) is 5.06. The van der Waals surface area contributed by atoms with E-state index in [1.807, 2.05) is 6.92 Å². The molecule has 0 aliphatic rings. The van der Waals surface area contributed by atoms with Gasteiger partial charge in [-0.2, -0.15) is 0 Å². The summed E-state index contributed by atoms with van der Waals surface area (Å²) in [4.78, 5) is 22.2. The van der Waals surface area contributed by atoms with Crippen molar-refractivity contribution in [2.24, 2.45) is 0 Å². The maximum atomic E-state index is 11.4. The molecule has 0 bridgehead atoms. The van der Waals surface area contributed by atoms with Crippen LogP contribution in [0.2, 0.25) is 0 Å². The van der Waals surface area contributed by atoms with E-state index < -0.39 is 11.4 Å². The maximum Gasteiger partial charge on any atom is 0.341 e. The van der Waals surface area contributed by atoms with Crippen molar-refractivity contribution in [1.82, 2.24) is 4.57 Å². The summed E-state index contributed by atoms with van der Waals surface area (Å²) in [5, 5.41) is 8.84. The topological polar surface area (TPSA) is 59.3 Å². The van der Waals surface area contributed by atoms with Crippen LogP contribution in [0.3, 0.4) is 0 Å². The van der Waals surface area contributed by atoms with Gasteiger partial charge in [0, 0.05) is 24.5 Å². The van der Waals surface area contributed by atoms with Crippen LogP contribution in [0.25, 0.3) is 0 Å². The molecule has 1 rings (SSSR count). The van der Waals surface area contributed by atoms with E-state index in [1.54, 1.807) is 11.5 Å². The number of aromatic carboxylic acids is 1. The Morgan fingerprint density at radius 2 is 2.19 bits per heavy atom. The van der Waals surface area contributed by atoms with E-state index >= 15 is 0 Å². The number of rotatable bonds is 4. The first-order valence-electron chi connectivity index (χ1n) is 5.06. The molecule has 0 aliphatic heterocycles. The molecule has 1 aromatic heterocycles. The van der Waals surface area contributed by atoms with Crippen molar-refractivity contribution in [3.05, 3.63) is 45.9 Å². The number of carbonyl (C=O) groups is 1.